The molecule has 0 spiro atoms. The minimum atomic E-state index is -5.99. The summed E-state index contributed by atoms with van der Waals surface area (Å²) in [6.45, 7) is 2.49. The molecule has 2 atom stereocenters. The normalized spacial score (nSPS) is 23.1. The number of alkyl halides is 6. The van der Waals surface area contributed by atoms with E-state index >= 15 is 0 Å². The first kappa shape index (κ1) is 22.1. The molecule has 0 radical (unpaired) electrons. The molecule has 0 saturated carbocycles. The van der Waals surface area contributed by atoms with Gasteiger partial charge in [-0.15, -0.1) is 0 Å². The molecule has 1 N–H and O–H groups in total. The topological polar surface area (TPSA) is 66.8 Å². The van der Waals surface area contributed by atoms with Crippen LogP contribution in [0.15, 0.2) is 12.1 Å². The van der Waals surface area contributed by atoms with E-state index < -0.39 is 55.6 Å². The van der Waals surface area contributed by atoms with Gasteiger partial charge in [-0.3, -0.25) is 0 Å². The van der Waals surface area contributed by atoms with Crippen LogP contribution in [0.3, 0.4) is 0 Å². The van der Waals surface area contributed by atoms with Crippen molar-refractivity contribution in [3.8, 4) is 5.75 Å². The summed E-state index contributed by atoms with van der Waals surface area (Å²) < 4.78 is 107. The maximum Gasteiger partial charge on any atom is 0.511 e. The highest BCUT2D eigenvalue weighted by Crippen LogP contribution is 2.50. The predicted octanol–water partition coefficient (Wildman–Crippen LogP) is 3.71. The molecular formula is C14H14ClF6NO4S. The maximum atomic E-state index is 13.1. The Morgan fingerprint density at radius 3 is 2.15 bits per heavy atom. The van der Waals surface area contributed by atoms with Gasteiger partial charge >= 0.3 is 21.7 Å². The number of fused-ring (bicyclic) bond motifs is 1. The predicted molar refractivity (Wildman–Crippen MR) is 82.6 cm³/mol. The maximum absolute atomic E-state index is 13.1. The monoisotopic (exact) mass is 441 g/mol. The van der Waals surface area contributed by atoms with Crippen molar-refractivity contribution < 1.29 is 44.6 Å². The van der Waals surface area contributed by atoms with E-state index in [1.807, 2.05) is 0 Å². The lowest BCUT2D eigenvalue weighted by molar-refractivity contribution is -0.137. The van der Waals surface area contributed by atoms with Crippen molar-refractivity contribution in [3.63, 3.8) is 0 Å². The second-order valence-corrected chi connectivity index (χ2v) is 8.77. The molecule has 2 rings (SSSR count). The molecule has 1 aromatic carbocycles. The van der Waals surface area contributed by atoms with Gasteiger partial charge in [0.2, 0.25) is 0 Å². The molecule has 1 aliphatic rings. The number of aliphatic hydroxyl groups is 1. The van der Waals surface area contributed by atoms with Crippen LogP contribution in [-0.2, 0) is 16.2 Å². The number of nitrogens with zero attached hydrogens (tertiary/aromatic N) is 1. The second-order valence-electron chi connectivity index (χ2n) is 6.40. The van der Waals surface area contributed by atoms with E-state index in [1.165, 1.54) is 13.8 Å². The van der Waals surface area contributed by atoms with Crippen molar-refractivity contribution in [2.45, 2.75) is 43.3 Å². The molecule has 1 aliphatic heterocycles. The van der Waals surface area contributed by atoms with Gasteiger partial charge in [-0.25, -0.2) is 8.42 Å². The van der Waals surface area contributed by atoms with Gasteiger partial charge in [0, 0.05) is 12.6 Å². The molecule has 1 heterocycles. The van der Waals surface area contributed by atoms with Gasteiger partial charge in [-0.1, -0.05) is 11.6 Å². The summed E-state index contributed by atoms with van der Waals surface area (Å²) in [6, 6.07) is -0.687. The lowest BCUT2D eigenvalue weighted by atomic mass is 9.86. The fourth-order valence-corrected chi connectivity index (χ4v) is 3.96. The standard InChI is InChI=1S/C14H14ClF6NO4S/c1-12(2)11(23)10(22(3)27(24,25)14(19,20)21)8-7(26-12)5-4-6(9(8)15)13(16,17)18/h4-5,10-11,23H,1-3H3/t10-,11+/m0/s1. The van der Waals surface area contributed by atoms with E-state index in [9.17, 15) is 39.9 Å². The highest BCUT2D eigenvalue weighted by molar-refractivity contribution is 7.89. The van der Waals surface area contributed by atoms with Gasteiger partial charge in [0.15, 0.2) is 0 Å². The summed E-state index contributed by atoms with van der Waals surface area (Å²) in [4.78, 5) is 0. The molecule has 13 heteroatoms. The van der Waals surface area contributed by atoms with Crippen molar-refractivity contribution in [2.24, 2.45) is 0 Å². The summed E-state index contributed by atoms with van der Waals surface area (Å²) in [5.41, 5.74) is -9.45. The highest BCUT2D eigenvalue weighted by atomic mass is 35.5. The molecule has 0 aromatic heterocycles. The molecule has 154 valence electrons. The van der Waals surface area contributed by atoms with Crippen LogP contribution in [0.2, 0.25) is 5.02 Å². The molecule has 0 amide bonds. The molecule has 5 nitrogen and oxygen atoms in total. The summed E-state index contributed by atoms with van der Waals surface area (Å²) in [5, 5.41) is 9.37. The van der Waals surface area contributed by atoms with Crippen LogP contribution in [0.5, 0.6) is 5.75 Å². The Balaban J connectivity index is 2.79. The zero-order valence-corrected chi connectivity index (χ0v) is 15.6. The zero-order chi connectivity index (χ0) is 21.2. The number of hydrogen-bond acceptors (Lipinski definition) is 4. The van der Waals surface area contributed by atoms with E-state index in [2.05, 4.69) is 0 Å². The quantitative estimate of drug-likeness (QED) is 0.710. The Hall–Kier alpha value is -1.24. The molecule has 0 unspecified atom stereocenters. The van der Waals surface area contributed by atoms with Gasteiger partial charge in [0.25, 0.3) is 0 Å². The van der Waals surface area contributed by atoms with E-state index in [1.54, 1.807) is 0 Å². The van der Waals surface area contributed by atoms with Crippen LogP contribution in [0.25, 0.3) is 0 Å². The molecule has 1 aromatic rings. The number of hydrogen-bond donors (Lipinski definition) is 1. The lowest BCUT2D eigenvalue weighted by Crippen LogP contribution is -2.55. The van der Waals surface area contributed by atoms with Gasteiger partial charge in [-0.05, 0) is 26.0 Å². The molecular weight excluding hydrogens is 428 g/mol. The summed E-state index contributed by atoms with van der Waals surface area (Å²) in [6.07, 6.45) is -6.91. The molecule has 27 heavy (non-hydrogen) atoms. The Morgan fingerprint density at radius 1 is 1.19 bits per heavy atom. The first-order valence-corrected chi connectivity index (χ1v) is 9.05. The van der Waals surface area contributed by atoms with E-state index in [4.69, 9.17) is 16.3 Å². The largest absolute Gasteiger partial charge is 0.511 e. The van der Waals surface area contributed by atoms with E-state index in [0.717, 1.165) is 6.07 Å². The second kappa shape index (κ2) is 6.39. The van der Waals surface area contributed by atoms with Crippen LogP contribution in [-0.4, -0.2) is 42.1 Å². The Labute approximate surface area is 155 Å². The SMILES string of the molecule is CN([C@H]1c2c(ccc(C(F)(F)F)c2Cl)OC(C)(C)[C@@H]1O)S(=O)(=O)C(F)(F)F. The Morgan fingerprint density at radius 2 is 1.70 bits per heavy atom. The third-order valence-electron chi connectivity index (χ3n) is 4.19. The average Bonchev–Trinajstić information content (AvgIpc) is 2.46. The number of halogens is 7. The zero-order valence-electron chi connectivity index (χ0n) is 14.0. The van der Waals surface area contributed by atoms with Gasteiger partial charge in [0.1, 0.15) is 17.5 Å². The first-order chi connectivity index (χ1) is 11.9. The minimum Gasteiger partial charge on any atom is -0.485 e. The third kappa shape index (κ3) is 3.59. The summed E-state index contributed by atoms with van der Waals surface area (Å²) in [7, 11) is -5.49. The van der Waals surface area contributed by atoms with Crippen LogP contribution in [0.1, 0.15) is 31.0 Å². The number of ether oxygens (including phenoxy) is 1. The highest BCUT2D eigenvalue weighted by Gasteiger charge is 2.56. The van der Waals surface area contributed by atoms with Crippen LogP contribution < -0.4 is 4.74 Å². The van der Waals surface area contributed by atoms with Crippen molar-refractivity contribution in [1.29, 1.82) is 0 Å². The number of aliphatic hydroxyl groups excluding tert-OH is 1. The van der Waals surface area contributed by atoms with Crippen LogP contribution in [0.4, 0.5) is 26.3 Å². The van der Waals surface area contributed by atoms with Gasteiger partial charge in [-0.2, -0.15) is 30.6 Å². The molecule has 0 saturated heterocycles. The molecule has 0 fully saturated rings. The lowest BCUT2D eigenvalue weighted by Gasteiger charge is -2.45. The number of rotatable bonds is 2. The average molecular weight is 442 g/mol. The Kier molecular flexibility index (Phi) is 5.22. The van der Waals surface area contributed by atoms with Crippen molar-refractivity contribution >= 4 is 21.6 Å². The van der Waals surface area contributed by atoms with E-state index in [-0.39, 0.29) is 10.1 Å². The summed E-state index contributed by atoms with van der Waals surface area (Å²) in [5.74, 6) is -0.363. The number of likely N-dealkylation sites (N-methyl/N-ethyl adjacent to an activating group) is 1. The van der Waals surface area contributed by atoms with Gasteiger partial charge < -0.3 is 9.84 Å². The smallest absolute Gasteiger partial charge is 0.485 e. The minimum absolute atomic E-state index is 0.243. The fourth-order valence-electron chi connectivity index (χ4n) is 2.73. The number of sulfonamides is 1. The van der Waals surface area contributed by atoms with E-state index in [0.29, 0.717) is 13.1 Å². The first-order valence-electron chi connectivity index (χ1n) is 7.24. The summed E-state index contributed by atoms with van der Waals surface area (Å²) >= 11 is 5.76. The van der Waals surface area contributed by atoms with Crippen molar-refractivity contribution in [3.05, 3.63) is 28.3 Å². The van der Waals surface area contributed by atoms with Crippen molar-refractivity contribution in [1.82, 2.24) is 4.31 Å². The molecule has 0 aliphatic carbocycles. The van der Waals surface area contributed by atoms with Crippen LogP contribution >= 0.6 is 11.6 Å². The third-order valence-corrected chi connectivity index (χ3v) is 6.17. The van der Waals surface area contributed by atoms with Crippen molar-refractivity contribution in [2.75, 3.05) is 7.05 Å². The fraction of sp³-hybridized carbons (Fsp3) is 0.571. The Bertz CT molecular complexity index is 852. The van der Waals surface area contributed by atoms with Crippen LogP contribution in [0, 0.1) is 0 Å². The molecule has 0 bridgehead atoms. The van der Waals surface area contributed by atoms with Gasteiger partial charge in [0.05, 0.1) is 16.6 Å². The number of benzene rings is 1.